The first-order valence-electron chi connectivity index (χ1n) is 13.5. The predicted molar refractivity (Wildman–Crippen MR) is 129 cm³/mol. The Bertz CT molecular complexity index is 946. The van der Waals surface area contributed by atoms with Crippen LogP contribution in [-0.4, -0.2) is 71.1 Å². The van der Waals surface area contributed by atoms with Crippen molar-refractivity contribution in [3.8, 4) is 0 Å². The standard InChI is InChI=1S/C28H41NO6/c1-26-10-8-19(30)13-18(26)6-7-20-21-9-11-28(34,27(21,2)14-22(31)24(20)26)23(32)16-35-25(33)17-5-4-12-29(3)15-17/h13,17,20-22,24,31,34H,4-12,14-16H2,1-3H3/t17-,20+,21+,22-,24-,26+,27+,28-/m1/s1. The molecule has 5 rings (SSSR count). The molecule has 194 valence electrons. The molecular weight excluding hydrogens is 446 g/mol. The molecule has 7 nitrogen and oxygen atoms in total. The number of allylic oxidation sites excluding steroid dienone is 1. The highest BCUT2D eigenvalue weighted by Gasteiger charge is 2.68. The van der Waals surface area contributed by atoms with Crippen LogP contribution in [0.25, 0.3) is 0 Å². The van der Waals surface area contributed by atoms with Crippen LogP contribution in [-0.2, 0) is 19.1 Å². The van der Waals surface area contributed by atoms with E-state index in [1.165, 1.54) is 5.57 Å². The molecule has 0 aromatic rings. The highest BCUT2D eigenvalue weighted by Crippen LogP contribution is 2.67. The summed E-state index contributed by atoms with van der Waals surface area (Å²) in [4.78, 5) is 40.2. The minimum Gasteiger partial charge on any atom is -0.457 e. The average Bonchev–Trinajstić information content (AvgIpc) is 3.08. The highest BCUT2D eigenvalue weighted by molar-refractivity contribution is 5.92. The van der Waals surface area contributed by atoms with Gasteiger partial charge in [-0.15, -0.1) is 0 Å². The first kappa shape index (κ1) is 25.1. The van der Waals surface area contributed by atoms with Gasteiger partial charge in [-0.2, -0.15) is 0 Å². The van der Waals surface area contributed by atoms with Crippen molar-refractivity contribution in [2.75, 3.05) is 26.7 Å². The molecule has 1 aliphatic heterocycles. The maximum atomic E-state index is 13.4. The normalized spacial score (nSPS) is 45.7. The number of hydrogen-bond donors (Lipinski definition) is 2. The molecule has 0 aromatic heterocycles. The Morgan fingerprint density at radius 3 is 2.69 bits per heavy atom. The lowest BCUT2D eigenvalue weighted by Gasteiger charge is -2.60. The molecular formula is C28H41NO6. The number of fused-ring (bicyclic) bond motifs is 5. The van der Waals surface area contributed by atoms with Gasteiger partial charge in [-0.3, -0.25) is 14.4 Å². The fraction of sp³-hybridized carbons (Fsp3) is 0.821. The Hall–Kier alpha value is -1.57. The smallest absolute Gasteiger partial charge is 0.310 e. The molecule has 4 fully saturated rings. The molecule has 0 radical (unpaired) electrons. The van der Waals surface area contributed by atoms with E-state index in [9.17, 15) is 24.6 Å². The van der Waals surface area contributed by atoms with Gasteiger partial charge >= 0.3 is 5.97 Å². The summed E-state index contributed by atoms with van der Waals surface area (Å²) in [6.45, 7) is 5.33. The molecule has 1 heterocycles. The van der Waals surface area contributed by atoms with Crippen molar-refractivity contribution in [1.82, 2.24) is 4.90 Å². The van der Waals surface area contributed by atoms with E-state index in [1.807, 2.05) is 20.0 Å². The summed E-state index contributed by atoms with van der Waals surface area (Å²) in [7, 11) is 1.98. The number of ketones is 2. The number of rotatable bonds is 4. The van der Waals surface area contributed by atoms with Gasteiger partial charge in [0.2, 0.25) is 5.78 Å². The highest BCUT2D eigenvalue weighted by atomic mass is 16.5. The third-order valence-corrected chi connectivity index (χ3v) is 10.8. The summed E-state index contributed by atoms with van der Waals surface area (Å²) in [5, 5.41) is 23.3. The summed E-state index contributed by atoms with van der Waals surface area (Å²) >= 11 is 0. The van der Waals surface area contributed by atoms with Gasteiger partial charge in [-0.1, -0.05) is 19.4 Å². The van der Waals surface area contributed by atoms with Crippen LogP contribution in [0.3, 0.4) is 0 Å². The second-order valence-corrected chi connectivity index (χ2v) is 12.6. The molecule has 5 aliphatic rings. The SMILES string of the molecule is CN1CCC[C@@H](C(=O)OCC(=O)[C@]2(O)CC[C@H]3[C@@H]4CCC5=CC(=O)CC[C@]5(C)[C@H]4[C@H](O)C[C@@]32C)C1. The van der Waals surface area contributed by atoms with Crippen LogP contribution in [0, 0.1) is 34.5 Å². The van der Waals surface area contributed by atoms with Crippen LogP contribution in [0.2, 0.25) is 0 Å². The molecule has 0 aromatic carbocycles. The number of aliphatic hydroxyl groups is 2. The number of Topliss-reactive ketones (excluding diaryl/α,β-unsaturated/α-hetero) is 1. The molecule has 0 spiro atoms. The van der Waals surface area contributed by atoms with Gasteiger partial charge < -0.3 is 19.8 Å². The summed E-state index contributed by atoms with van der Waals surface area (Å²) in [5.41, 5.74) is -1.40. The minimum absolute atomic E-state index is 0.0345. The molecule has 2 N–H and O–H groups in total. The van der Waals surface area contributed by atoms with E-state index in [0.717, 1.165) is 45.1 Å². The quantitative estimate of drug-likeness (QED) is 0.588. The van der Waals surface area contributed by atoms with Gasteiger partial charge in [0.05, 0.1) is 12.0 Å². The van der Waals surface area contributed by atoms with Crippen LogP contribution in [0.4, 0.5) is 0 Å². The van der Waals surface area contributed by atoms with Crippen molar-refractivity contribution >= 4 is 17.5 Å². The second kappa shape index (κ2) is 8.77. The summed E-state index contributed by atoms with van der Waals surface area (Å²) in [6, 6.07) is 0. The molecule has 1 saturated heterocycles. The van der Waals surface area contributed by atoms with Crippen LogP contribution >= 0.6 is 0 Å². The van der Waals surface area contributed by atoms with Crippen molar-refractivity contribution in [2.24, 2.45) is 34.5 Å². The van der Waals surface area contributed by atoms with E-state index >= 15 is 0 Å². The van der Waals surface area contributed by atoms with Gasteiger partial charge in [0, 0.05) is 18.4 Å². The number of esters is 1. The van der Waals surface area contributed by atoms with E-state index in [2.05, 4.69) is 11.8 Å². The zero-order valence-electron chi connectivity index (χ0n) is 21.4. The van der Waals surface area contributed by atoms with E-state index in [4.69, 9.17) is 4.74 Å². The number of nitrogens with zero attached hydrogens (tertiary/aromatic N) is 1. The van der Waals surface area contributed by atoms with E-state index in [-0.39, 0.29) is 40.8 Å². The first-order chi connectivity index (χ1) is 16.5. The first-order valence-corrected chi connectivity index (χ1v) is 13.5. The Kier molecular flexibility index (Phi) is 6.29. The number of carbonyl (C=O) groups excluding carboxylic acids is 3. The summed E-state index contributed by atoms with van der Waals surface area (Å²) < 4.78 is 5.45. The largest absolute Gasteiger partial charge is 0.457 e. The fourth-order valence-electron chi connectivity index (χ4n) is 8.88. The predicted octanol–water partition coefficient (Wildman–Crippen LogP) is 2.67. The summed E-state index contributed by atoms with van der Waals surface area (Å²) in [6.07, 6.45) is 7.24. The van der Waals surface area contributed by atoms with Gasteiger partial charge in [-0.05, 0) is 94.2 Å². The molecule has 7 heteroatoms. The lowest BCUT2D eigenvalue weighted by molar-refractivity contribution is -0.185. The number of hydrogen-bond acceptors (Lipinski definition) is 7. The number of likely N-dealkylation sites (tertiary alicyclic amines) is 1. The van der Waals surface area contributed by atoms with Crippen molar-refractivity contribution < 1.29 is 29.3 Å². The maximum absolute atomic E-state index is 13.4. The van der Waals surface area contributed by atoms with E-state index < -0.39 is 29.5 Å². The lowest BCUT2D eigenvalue weighted by atomic mass is 9.45. The number of piperidine rings is 1. The van der Waals surface area contributed by atoms with Crippen LogP contribution in [0.1, 0.15) is 71.6 Å². The molecule has 0 amide bonds. The maximum Gasteiger partial charge on any atom is 0.310 e. The second-order valence-electron chi connectivity index (χ2n) is 12.6. The van der Waals surface area contributed by atoms with Crippen LogP contribution in [0.5, 0.6) is 0 Å². The Balaban J connectivity index is 1.32. The van der Waals surface area contributed by atoms with E-state index in [1.54, 1.807) is 0 Å². The molecule has 3 saturated carbocycles. The monoisotopic (exact) mass is 487 g/mol. The van der Waals surface area contributed by atoms with E-state index in [0.29, 0.717) is 25.8 Å². The minimum atomic E-state index is -1.60. The van der Waals surface area contributed by atoms with Gasteiger partial charge in [-0.25, -0.2) is 0 Å². The van der Waals surface area contributed by atoms with Crippen molar-refractivity contribution in [3.05, 3.63) is 11.6 Å². The Morgan fingerprint density at radius 2 is 1.94 bits per heavy atom. The Morgan fingerprint density at radius 1 is 1.17 bits per heavy atom. The van der Waals surface area contributed by atoms with Crippen molar-refractivity contribution in [3.63, 3.8) is 0 Å². The zero-order valence-corrected chi connectivity index (χ0v) is 21.4. The topological polar surface area (TPSA) is 104 Å². The average molecular weight is 488 g/mol. The van der Waals surface area contributed by atoms with Crippen molar-refractivity contribution in [2.45, 2.75) is 83.3 Å². The third-order valence-electron chi connectivity index (χ3n) is 10.8. The zero-order chi connectivity index (χ0) is 25.2. The number of aliphatic hydroxyl groups excluding tert-OH is 1. The van der Waals surface area contributed by atoms with Crippen LogP contribution in [0.15, 0.2) is 11.6 Å². The number of ether oxygens (including phenoxy) is 1. The van der Waals surface area contributed by atoms with Crippen molar-refractivity contribution in [1.29, 1.82) is 0 Å². The van der Waals surface area contributed by atoms with Gasteiger partial charge in [0.15, 0.2) is 12.4 Å². The van der Waals surface area contributed by atoms with Crippen LogP contribution < -0.4 is 0 Å². The molecule has 35 heavy (non-hydrogen) atoms. The lowest BCUT2D eigenvalue weighted by Crippen LogP contribution is -2.62. The summed E-state index contributed by atoms with van der Waals surface area (Å²) in [5.74, 6) is -0.494. The molecule has 4 aliphatic carbocycles. The molecule has 8 atom stereocenters. The Labute approximate surface area is 208 Å². The third kappa shape index (κ3) is 3.84. The number of carbonyl (C=O) groups is 3. The fourth-order valence-corrected chi connectivity index (χ4v) is 8.88. The van der Waals surface area contributed by atoms with Gasteiger partial charge in [0.25, 0.3) is 0 Å². The van der Waals surface area contributed by atoms with Gasteiger partial charge in [0.1, 0.15) is 5.60 Å². The molecule has 0 bridgehead atoms. The molecule has 0 unspecified atom stereocenters.